The molecule has 1 fully saturated rings. The van der Waals surface area contributed by atoms with Gasteiger partial charge in [0.15, 0.2) is 0 Å². The van der Waals surface area contributed by atoms with Crippen LogP contribution in [0.25, 0.3) is 6.08 Å². The molecule has 36 heavy (non-hydrogen) atoms. The highest BCUT2D eigenvalue weighted by atomic mass is 35.5. The maximum Gasteiger partial charge on any atom is 0.294 e. The fourth-order valence-electron chi connectivity index (χ4n) is 3.34. The molecule has 1 heterocycles. The second kappa shape index (κ2) is 11.4. The van der Waals surface area contributed by atoms with Crippen LogP contribution in [0.4, 0.5) is 10.5 Å². The fourth-order valence-corrected chi connectivity index (χ4v) is 4.75. The van der Waals surface area contributed by atoms with Crippen molar-refractivity contribution in [2.45, 2.75) is 13.5 Å². The van der Waals surface area contributed by atoms with Crippen molar-refractivity contribution in [3.05, 3.63) is 97.3 Å². The summed E-state index contributed by atoms with van der Waals surface area (Å²) in [6.45, 7) is 1.66. The molecule has 1 aliphatic rings. The molecule has 3 aromatic carbocycles. The van der Waals surface area contributed by atoms with Gasteiger partial charge in [-0.3, -0.25) is 19.3 Å². The maximum absolute atomic E-state index is 12.9. The van der Waals surface area contributed by atoms with Crippen LogP contribution in [0.2, 0.25) is 15.1 Å². The Labute approximate surface area is 227 Å². The first-order chi connectivity index (χ1) is 17.2. The van der Waals surface area contributed by atoms with Crippen LogP contribution in [-0.4, -0.2) is 28.5 Å². The third-order valence-electron chi connectivity index (χ3n) is 5.17. The Morgan fingerprint density at radius 1 is 1.03 bits per heavy atom. The zero-order chi connectivity index (χ0) is 25.8. The molecule has 0 bridgehead atoms. The molecule has 3 aromatic rings. The van der Waals surface area contributed by atoms with E-state index in [0.717, 1.165) is 27.8 Å². The number of benzene rings is 3. The van der Waals surface area contributed by atoms with Crippen molar-refractivity contribution in [1.29, 1.82) is 0 Å². The van der Waals surface area contributed by atoms with E-state index >= 15 is 0 Å². The number of nitrogens with one attached hydrogen (secondary N) is 1. The third-order valence-corrected chi connectivity index (χ3v) is 6.96. The van der Waals surface area contributed by atoms with E-state index < -0.39 is 23.6 Å². The van der Waals surface area contributed by atoms with Crippen molar-refractivity contribution < 1.29 is 19.1 Å². The lowest BCUT2D eigenvalue weighted by Gasteiger charge is -2.13. The highest BCUT2D eigenvalue weighted by molar-refractivity contribution is 8.18. The number of ether oxygens (including phenoxy) is 1. The van der Waals surface area contributed by atoms with E-state index in [2.05, 4.69) is 5.32 Å². The van der Waals surface area contributed by atoms with Gasteiger partial charge in [-0.05, 0) is 78.4 Å². The summed E-state index contributed by atoms with van der Waals surface area (Å²) in [7, 11) is 0. The highest BCUT2D eigenvalue weighted by Crippen LogP contribution is 2.35. The van der Waals surface area contributed by atoms with Crippen LogP contribution < -0.4 is 10.1 Å². The number of thioether (sulfide) groups is 1. The van der Waals surface area contributed by atoms with Gasteiger partial charge < -0.3 is 10.1 Å². The van der Waals surface area contributed by atoms with Gasteiger partial charge in [0.05, 0.1) is 4.91 Å². The number of rotatable bonds is 7. The first kappa shape index (κ1) is 26.1. The number of hydrogen-bond donors (Lipinski definition) is 1. The van der Waals surface area contributed by atoms with E-state index in [4.69, 9.17) is 39.5 Å². The topological polar surface area (TPSA) is 75.7 Å². The number of halogens is 3. The van der Waals surface area contributed by atoms with Crippen molar-refractivity contribution >= 4 is 75.4 Å². The predicted octanol–water partition coefficient (Wildman–Crippen LogP) is 7.21. The van der Waals surface area contributed by atoms with Gasteiger partial charge in [0.2, 0.25) is 5.91 Å². The van der Waals surface area contributed by atoms with Gasteiger partial charge in [-0.15, -0.1) is 0 Å². The summed E-state index contributed by atoms with van der Waals surface area (Å²) < 4.78 is 5.93. The molecule has 0 aliphatic carbocycles. The highest BCUT2D eigenvalue weighted by Gasteiger charge is 2.36. The molecule has 4 rings (SSSR count). The molecule has 0 atom stereocenters. The number of imide groups is 1. The Balaban J connectivity index is 1.48. The van der Waals surface area contributed by atoms with E-state index in [-0.39, 0.29) is 11.5 Å². The van der Waals surface area contributed by atoms with Crippen LogP contribution in [0.15, 0.2) is 65.6 Å². The smallest absolute Gasteiger partial charge is 0.294 e. The van der Waals surface area contributed by atoms with Crippen molar-refractivity contribution in [1.82, 2.24) is 4.90 Å². The summed E-state index contributed by atoms with van der Waals surface area (Å²) in [5.74, 6) is -0.630. The van der Waals surface area contributed by atoms with E-state index in [1.165, 1.54) is 6.08 Å². The Hall–Kier alpha value is -2.97. The number of carbonyl (C=O) groups excluding carboxylic acids is 3. The Bertz CT molecular complexity index is 1390. The zero-order valence-electron chi connectivity index (χ0n) is 18.9. The first-order valence-electron chi connectivity index (χ1n) is 10.7. The van der Waals surface area contributed by atoms with Gasteiger partial charge >= 0.3 is 0 Å². The summed E-state index contributed by atoms with van der Waals surface area (Å²) in [6, 6.07) is 17.3. The van der Waals surface area contributed by atoms with Crippen LogP contribution in [0.1, 0.15) is 16.7 Å². The number of nitrogens with zero attached hydrogens (tertiary/aromatic N) is 1. The lowest BCUT2D eigenvalue weighted by Crippen LogP contribution is -2.36. The van der Waals surface area contributed by atoms with E-state index in [9.17, 15) is 14.4 Å². The number of carbonyl (C=O) groups is 3. The van der Waals surface area contributed by atoms with E-state index in [1.807, 2.05) is 19.1 Å². The maximum atomic E-state index is 12.9. The average Bonchev–Trinajstić information content (AvgIpc) is 3.08. The molecule has 6 nitrogen and oxygen atoms in total. The monoisotopic (exact) mass is 560 g/mol. The minimum absolute atomic E-state index is 0.154. The van der Waals surface area contributed by atoms with Gasteiger partial charge in [-0.1, -0.05) is 53.0 Å². The van der Waals surface area contributed by atoms with Gasteiger partial charge in [0.25, 0.3) is 11.1 Å². The lowest BCUT2D eigenvalue weighted by molar-refractivity contribution is -0.127. The second-order valence-corrected chi connectivity index (χ2v) is 10.2. The summed E-state index contributed by atoms with van der Waals surface area (Å²) in [4.78, 5) is 39.0. The average molecular weight is 562 g/mol. The van der Waals surface area contributed by atoms with Crippen LogP contribution in [0.3, 0.4) is 0 Å². The molecule has 10 heteroatoms. The van der Waals surface area contributed by atoms with Gasteiger partial charge in [-0.2, -0.15) is 0 Å². The summed E-state index contributed by atoms with van der Waals surface area (Å²) in [5, 5.41) is 3.63. The SMILES string of the molecule is Cc1ccc(NC(=O)CN2C(=O)S/C(=C/c3cc(Cl)ccc3OCc3cccc(Cl)c3)C2=O)cc1Cl. The summed E-state index contributed by atoms with van der Waals surface area (Å²) in [5.41, 5.74) is 2.72. The molecule has 0 spiro atoms. The Morgan fingerprint density at radius 2 is 1.81 bits per heavy atom. The van der Waals surface area contributed by atoms with Crippen LogP contribution in [0, 0.1) is 6.92 Å². The molecule has 0 aromatic heterocycles. The molecule has 1 aliphatic heterocycles. The quantitative estimate of drug-likeness (QED) is 0.309. The second-order valence-electron chi connectivity index (χ2n) is 7.88. The molecule has 3 amide bonds. The fraction of sp³-hybridized carbons (Fsp3) is 0.115. The molecule has 0 radical (unpaired) electrons. The Kier molecular flexibility index (Phi) is 8.26. The van der Waals surface area contributed by atoms with Crippen LogP contribution in [0.5, 0.6) is 5.75 Å². The molecular weight excluding hydrogens is 543 g/mol. The standard InChI is InChI=1S/C26H19Cl3N2O4S/c1-15-5-7-20(12-21(15)29)30-24(32)13-31-25(33)23(36-26(31)34)11-17-10-19(28)6-8-22(17)35-14-16-3-2-4-18(27)9-16/h2-12H,13-14H2,1H3,(H,30,32)/b23-11+. The zero-order valence-corrected chi connectivity index (χ0v) is 22.0. The first-order valence-corrected chi connectivity index (χ1v) is 12.6. The summed E-state index contributed by atoms with van der Waals surface area (Å²) in [6.07, 6.45) is 1.53. The predicted molar refractivity (Wildman–Crippen MR) is 145 cm³/mol. The number of amides is 3. The minimum atomic E-state index is -0.581. The van der Waals surface area contributed by atoms with Gasteiger partial charge in [0, 0.05) is 26.3 Å². The Morgan fingerprint density at radius 3 is 2.56 bits per heavy atom. The molecule has 1 saturated heterocycles. The molecule has 0 unspecified atom stereocenters. The number of aryl methyl sites for hydroxylation is 1. The van der Waals surface area contributed by atoms with Gasteiger partial charge in [-0.25, -0.2) is 0 Å². The molecule has 0 saturated carbocycles. The number of hydrogen-bond acceptors (Lipinski definition) is 5. The van der Waals surface area contributed by atoms with Crippen molar-refractivity contribution in [2.75, 3.05) is 11.9 Å². The summed E-state index contributed by atoms with van der Waals surface area (Å²) >= 11 is 19.0. The molecule has 1 N–H and O–H groups in total. The van der Waals surface area contributed by atoms with E-state index in [0.29, 0.717) is 32.1 Å². The molecule has 184 valence electrons. The molecular formula is C26H19Cl3N2O4S. The largest absolute Gasteiger partial charge is 0.488 e. The minimum Gasteiger partial charge on any atom is -0.488 e. The number of anilines is 1. The van der Waals surface area contributed by atoms with Crippen molar-refractivity contribution in [2.24, 2.45) is 0 Å². The van der Waals surface area contributed by atoms with Crippen molar-refractivity contribution in [3.8, 4) is 5.75 Å². The van der Waals surface area contributed by atoms with Gasteiger partial charge in [0.1, 0.15) is 18.9 Å². The van der Waals surface area contributed by atoms with Crippen LogP contribution in [-0.2, 0) is 16.2 Å². The van der Waals surface area contributed by atoms with E-state index in [1.54, 1.807) is 48.5 Å². The normalized spacial score (nSPS) is 14.4. The lowest BCUT2D eigenvalue weighted by atomic mass is 10.1. The van der Waals surface area contributed by atoms with Crippen molar-refractivity contribution in [3.63, 3.8) is 0 Å². The third kappa shape index (κ3) is 6.42. The van der Waals surface area contributed by atoms with Crippen LogP contribution >= 0.6 is 46.6 Å².